The van der Waals surface area contributed by atoms with Gasteiger partial charge in [-0.1, -0.05) is 20.8 Å². The standard InChI is InChI=1S/C15H17NO5/c1-5-21-14(20)10-9-11(16-13(10)19)8(17)6-7(12(9)18)15(2,3)4/h6,17-18H,5H2,1-4H3. The molecule has 112 valence electrons. The lowest BCUT2D eigenvalue weighted by Gasteiger charge is -2.20. The highest BCUT2D eigenvalue weighted by Gasteiger charge is 2.31. The normalized spacial score (nSPS) is 13.9. The van der Waals surface area contributed by atoms with Crippen molar-refractivity contribution in [1.29, 1.82) is 0 Å². The number of ether oxygens (including phenoxy) is 1. The third-order valence-corrected chi connectivity index (χ3v) is 3.22. The molecule has 1 amide bonds. The van der Waals surface area contributed by atoms with E-state index in [0.717, 1.165) is 0 Å². The Labute approximate surface area is 121 Å². The van der Waals surface area contributed by atoms with Crippen molar-refractivity contribution in [2.24, 2.45) is 4.99 Å². The molecule has 0 fully saturated rings. The van der Waals surface area contributed by atoms with Gasteiger partial charge in [-0.15, -0.1) is 0 Å². The molecular weight excluding hydrogens is 274 g/mol. The Bertz CT molecular complexity index is 756. The first-order valence-electron chi connectivity index (χ1n) is 6.58. The maximum absolute atomic E-state index is 11.9. The molecule has 1 aliphatic heterocycles. The van der Waals surface area contributed by atoms with E-state index in [4.69, 9.17) is 4.74 Å². The van der Waals surface area contributed by atoms with Gasteiger partial charge in [0.25, 0.3) is 5.91 Å². The number of carbonyl (C=O) groups is 2. The van der Waals surface area contributed by atoms with Crippen molar-refractivity contribution < 1.29 is 24.5 Å². The number of hydrogen-bond donors (Lipinski definition) is 2. The summed E-state index contributed by atoms with van der Waals surface area (Å²) in [5.41, 5.74) is -0.404. The molecule has 1 aromatic carbocycles. The first-order chi connectivity index (χ1) is 9.68. The molecule has 2 N–H and O–H groups in total. The molecule has 0 aliphatic carbocycles. The highest BCUT2D eigenvalue weighted by atomic mass is 16.5. The number of hydrogen-bond acceptors (Lipinski definition) is 5. The topological polar surface area (TPSA) is 96.2 Å². The summed E-state index contributed by atoms with van der Waals surface area (Å²) >= 11 is 0. The molecule has 0 spiro atoms. The fraction of sp³-hybridized carbons (Fsp3) is 0.400. The minimum atomic E-state index is -0.856. The summed E-state index contributed by atoms with van der Waals surface area (Å²) in [7, 11) is 0. The number of amides is 1. The van der Waals surface area contributed by atoms with Crippen LogP contribution in [0.15, 0.2) is 11.1 Å². The van der Waals surface area contributed by atoms with Crippen molar-refractivity contribution in [2.75, 3.05) is 6.61 Å². The maximum atomic E-state index is 11.9. The van der Waals surface area contributed by atoms with Crippen LogP contribution in [0.25, 0.3) is 5.57 Å². The van der Waals surface area contributed by atoms with Gasteiger partial charge < -0.3 is 14.9 Å². The van der Waals surface area contributed by atoms with Gasteiger partial charge in [0.1, 0.15) is 22.4 Å². The molecule has 0 unspecified atom stereocenters. The van der Waals surface area contributed by atoms with Gasteiger partial charge in [-0.3, -0.25) is 4.79 Å². The zero-order valence-electron chi connectivity index (χ0n) is 12.4. The Balaban J connectivity index is 2.91. The Morgan fingerprint density at radius 1 is 1.33 bits per heavy atom. The number of carbonyl (C=O) groups excluding carboxylic acids is 2. The lowest BCUT2D eigenvalue weighted by molar-refractivity contribution is -0.137. The predicted octanol–water partition coefficient (Wildman–Crippen LogP) is 0.269. The van der Waals surface area contributed by atoms with E-state index in [0.29, 0.717) is 5.56 Å². The van der Waals surface area contributed by atoms with Gasteiger partial charge >= 0.3 is 5.97 Å². The van der Waals surface area contributed by atoms with E-state index in [2.05, 4.69) is 4.99 Å². The maximum Gasteiger partial charge on any atom is 0.344 e. The van der Waals surface area contributed by atoms with E-state index in [1.807, 2.05) is 20.8 Å². The zero-order valence-corrected chi connectivity index (χ0v) is 12.4. The summed E-state index contributed by atoms with van der Waals surface area (Å²) in [6.45, 7) is 7.22. The molecule has 0 saturated heterocycles. The average Bonchev–Trinajstić information content (AvgIpc) is 2.71. The second kappa shape index (κ2) is 4.87. The van der Waals surface area contributed by atoms with E-state index in [9.17, 15) is 19.8 Å². The Kier molecular flexibility index (Phi) is 3.49. The Morgan fingerprint density at radius 2 is 1.95 bits per heavy atom. The molecule has 0 aromatic heterocycles. The van der Waals surface area contributed by atoms with Gasteiger partial charge in [0.2, 0.25) is 0 Å². The number of phenols is 2. The van der Waals surface area contributed by atoms with Crippen LogP contribution in [0.2, 0.25) is 0 Å². The highest BCUT2D eigenvalue weighted by Crippen LogP contribution is 2.30. The summed E-state index contributed by atoms with van der Waals surface area (Å²) in [5, 5.41) is 20.3. The van der Waals surface area contributed by atoms with Crippen molar-refractivity contribution in [3.63, 3.8) is 0 Å². The second-order valence-corrected chi connectivity index (χ2v) is 5.78. The van der Waals surface area contributed by atoms with Crippen molar-refractivity contribution in [3.8, 4) is 11.5 Å². The molecular formula is C15H17NO5. The molecule has 21 heavy (non-hydrogen) atoms. The van der Waals surface area contributed by atoms with Crippen LogP contribution in [-0.4, -0.2) is 28.7 Å². The van der Waals surface area contributed by atoms with Crippen LogP contribution < -0.4 is 10.6 Å². The lowest BCUT2D eigenvalue weighted by atomic mass is 9.85. The van der Waals surface area contributed by atoms with E-state index in [-0.39, 0.29) is 34.3 Å². The van der Waals surface area contributed by atoms with Gasteiger partial charge in [-0.2, -0.15) is 0 Å². The first-order valence-corrected chi connectivity index (χ1v) is 6.58. The Morgan fingerprint density at radius 3 is 2.48 bits per heavy atom. The summed E-state index contributed by atoms with van der Waals surface area (Å²) < 4.78 is 4.82. The largest absolute Gasteiger partial charge is 0.507 e. The van der Waals surface area contributed by atoms with Gasteiger partial charge in [0.15, 0.2) is 0 Å². The van der Waals surface area contributed by atoms with E-state index < -0.39 is 17.3 Å². The number of esters is 1. The van der Waals surface area contributed by atoms with Crippen molar-refractivity contribution in [2.45, 2.75) is 33.1 Å². The smallest absolute Gasteiger partial charge is 0.344 e. The molecule has 2 rings (SSSR count). The number of phenolic OH excluding ortho intramolecular Hbond substituents is 2. The Hall–Kier alpha value is -2.37. The number of benzene rings is 1. The fourth-order valence-corrected chi connectivity index (χ4v) is 2.23. The van der Waals surface area contributed by atoms with Crippen molar-refractivity contribution >= 4 is 17.4 Å². The van der Waals surface area contributed by atoms with Crippen LogP contribution in [0.3, 0.4) is 0 Å². The number of fused-ring (bicyclic) bond motifs is 1. The molecule has 0 saturated carbocycles. The zero-order chi connectivity index (χ0) is 15.9. The number of aromatic hydroxyl groups is 2. The molecule has 0 atom stereocenters. The summed E-state index contributed by atoms with van der Waals surface area (Å²) in [4.78, 5) is 27.4. The monoisotopic (exact) mass is 291 g/mol. The van der Waals surface area contributed by atoms with Crippen LogP contribution >= 0.6 is 0 Å². The fourth-order valence-electron chi connectivity index (χ4n) is 2.23. The molecule has 6 nitrogen and oxygen atoms in total. The molecule has 0 radical (unpaired) electrons. The van der Waals surface area contributed by atoms with E-state index in [1.54, 1.807) is 6.92 Å². The summed E-state index contributed by atoms with van der Waals surface area (Å²) in [6, 6.07) is 1.36. The lowest BCUT2D eigenvalue weighted by Crippen LogP contribution is -2.30. The SMILES string of the molecule is CCOC(=O)C1=c2c(O)c(C(C)(C)C)cc(O)c2=NC1=O. The molecule has 1 aromatic rings. The average molecular weight is 291 g/mol. The third kappa shape index (κ3) is 2.37. The summed E-state index contributed by atoms with van der Waals surface area (Å²) in [5.74, 6) is -2.15. The third-order valence-electron chi connectivity index (χ3n) is 3.22. The van der Waals surface area contributed by atoms with Crippen molar-refractivity contribution in [3.05, 3.63) is 22.2 Å². The molecule has 0 bridgehead atoms. The highest BCUT2D eigenvalue weighted by molar-refractivity contribution is 6.39. The number of rotatable bonds is 2. The molecule has 1 heterocycles. The van der Waals surface area contributed by atoms with E-state index in [1.165, 1.54) is 6.07 Å². The summed E-state index contributed by atoms with van der Waals surface area (Å²) in [6.07, 6.45) is 0. The predicted molar refractivity (Wildman–Crippen MR) is 74.3 cm³/mol. The quantitative estimate of drug-likeness (QED) is 0.602. The molecule has 6 heteroatoms. The van der Waals surface area contributed by atoms with Crippen LogP contribution in [0.5, 0.6) is 11.5 Å². The van der Waals surface area contributed by atoms with Gasteiger partial charge in [-0.25, -0.2) is 9.79 Å². The number of nitrogens with zero attached hydrogens (tertiary/aromatic N) is 1. The van der Waals surface area contributed by atoms with Gasteiger partial charge in [-0.05, 0) is 18.4 Å². The minimum Gasteiger partial charge on any atom is -0.507 e. The van der Waals surface area contributed by atoms with Crippen LogP contribution in [0, 0.1) is 0 Å². The molecule has 1 aliphatic rings. The minimum absolute atomic E-state index is 0.0524. The van der Waals surface area contributed by atoms with Crippen molar-refractivity contribution in [1.82, 2.24) is 0 Å². The van der Waals surface area contributed by atoms with Crippen LogP contribution in [-0.2, 0) is 19.7 Å². The van der Waals surface area contributed by atoms with Gasteiger partial charge in [0.05, 0.1) is 11.8 Å². The van der Waals surface area contributed by atoms with Crippen LogP contribution in [0.4, 0.5) is 0 Å². The van der Waals surface area contributed by atoms with Gasteiger partial charge in [0, 0.05) is 5.56 Å². The van der Waals surface area contributed by atoms with Crippen LogP contribution in [0.1, 0.15) is 33.3 Å². The second-order valence-electron chi connectivity index (χ2n) is 5.78. The van der Waals surface area contributed by atoms with E-state index >= 15 is 0 Å². The first kappa shape index (κ1) is 15.0.